The van der Waals surface area contributed by atoms with Gasteiger partial charge >= 0.3 is 0 Å². The Kier molecular flexibility index (Phi) is 6.08. The summed E-state index contributed by atoms with van der Waals surface area (Å²) in [7, 11) is 0. The molecular weight excluding hydrogens is 435 g/mol. The van der Waals surface area contributed by atoms with Crippen LogP contribution in [0.15, 0.2) is 56.8 Å². The van der Waals surface area contributed by atoms with E-state index in [2.05, 4.69) is 26.2 Å². The highest BCUT2D eigenvalue weighted by atomic mass is 79.9. The lowest BCUT2D eigenvalue weighted by Gasteiger charge is -2.10. The molecule has 2 aromatic rings. The maximum absolute atomic E-state index is 13.0. The molecule has 0 saturated heterocycles. The van der Waals surface area contributed by atoms with E-state index < -0.39 is 5.91 Å². The quantitative estimate of drug-likeness (QED) is 0.708. The predicted octanol–water partition coefficient (Wildman–Crippen LogP) is 4.27. The number of ether oxygens (including phenoxy) is 1. The van der Waals surface area contributed by atoms with Gasteiger partial charge in [0.25, 0.3) is 5.91 Å². The van der Waals surface area contributed by atoms with E-state index in [4.69, 9.17) is 4.74 Å². The number of benzene rings is 2. The molecule has 27 heavy (non-hydrogen) atoms. The SMILES string of the molecule is CC(=O)NC1=NC(=O)/C(=C/c2cc(Br)ccc2OCc2ccc(F)cc2)S1. The normalized spacial score (nSPS) is 15.0. The van der Waals surface area contributed by atoms with E-state index in [9.17, 15) is 14.0 Å². The Hall–Kier alpha value is -2.45. The van der Waals surface area contributed by atoms with Crippen LogP contribution in [0.3, 0.4) is 0 Å². The summed E-state index contributed by atoms with van der Waals surface area (Å²) in [6, 6.07) is 11.5. The second-order valence-corrected chi connectivity index (χ2v) is 7.56. The minimum absolute atomic E-state index is 0.252. The number of amidine groups is 1. The zero-order valence-electron chi connectivity index (χ0n) is 14.2. The summed E-state index contributed by atoms with van der Waals surface area (Å²) in [6.07, 6.45) is 1.66. The molecule has 0 aromatic heterocycles. The zero-order valence-corrected chi connectivity index (χ0v) is 16.6. The molecule has 1 N–H and O–H groups in total. The molecule has 0 atom stereocenters. The van der Waals surface area contributed by atoms with Gasteiger partial charge in [0.2, 0.25) is 5.91 Å². The van der Waals surface area contributed by atoms with Crippen molar-refractivity contribution in [1.29, 1.82) is 0 Å². The van der Waals surface area contributed by atoms with Gasteiger partial charge in [0.05, 0.1) is 4.91 Å². The molecule has 1 aliphatic heterocycles. The van der Waals surface area contributed by atoms with Gasteiger partial charge in [0, 0.05) is 17.0 Å². The van der Waals surface area contributed by atoms with Crippen molar-refractivity contribution in [3.8, 4) is 5.75 Å². The lowest BCUT2D eigenvalue weighted by atomic mass is 10.2. The van der Waals surface area contributed by atoms with E-state index in [1.807, 2.05) is 12.1 Å². The van der Waals surface area contributed by atoms with Crippen LogP contribution in [0.4, 0.5) is 4.39 Å². The van der Waals surface area contributed by atoms with Crippen molar-refractivity contribution in [1.82, 2.24) is 5.32 Å². The van der Waals surface area contributed by atoms with Gasteiger partial charge in [-0.3, -0.25) is 9.59 Å². The lowest BCUT2D eigenvalue weighted by molar-refractivity contribution is -0.117. The molecular formula is C19H14BrFN2O3S. The van der Waals surface area contributed by atoms with E-state index in [1.54, 1.807) is 24.3 Å². The largest absolute Gasteiger partial charge is 0.488 e. The van der Waals surface area contributed by atoms with E-state index in [0.29, 0.717) is 16.2 Å². The maximum Gasteiger partial charge on any atom is 0.286 e. The predicted molar refractivity (Wildman–Crippen MR) is 107 cm³/mol. The Morgan fingerprint density at radius 3 is 2.74 bits per heavy atom. The summed E-state index contributed by atoms with van der Waals surface area (Å²) in [6.45, 7) is 1.61. The van der Waals surface area contributed by atoms with Crippen LogP contribution in [-0.2, 0) is 16.2 Å². The fourth-order valence-corrected chi connectivity index (χ4v) is 3.49. The fourth-order valence-electron chi connectivity index (χ4n) is 2.26. The average Bonchev–Trinajstić information content (AvgIpc) is 2.94. The summed E-state index contributed by atoms with van der Waals surface area (Å²) in [4.78, 5) is 27.4. The molecule has 1 heterocycles. The topological polar surface area (TPSA) is 67.8 Å². The molecule has 2 amide bonds. The van der Waals surface area contributed by atoms with Crippen molar-refractivity contribution in [2.75, 3.05) is 0 Å². The number of carbonyl (C=O) groups excluding carboxylic acids is 2. The second kappa shape index (κ2) is 8.49. The summed E-state index contributed by atoms with van der Waals surface area (Å²) < 4.78 is 19.7. The molecule has 8 heteroatoms. The number of aliphatic imine (C=N–C) groups is 1. The summed E-state index contributed by atoms with van der Waals surface area (Å²) >= 11 is 4.50. The van der Waals surface area contributed by atoms with Gasteiger partial charge in [-0.05, 0) is 53.7 Å². The first-order valence-electron chi connectivity index (χ1n) is 7.87. The highest BCUT2D eigenvalue weighted by molar-refractivity contribution is 9.10. The number of nitrogens with one attached hydrogen (secondary N) is 1. The van der Waals surface area contributed by atoms with Crippen molar-refractivity contribution in [3.63, 3.8) is 0 Å². The monoisotopic (exact) mass is 448 g/mol. The first-order chi connectivity index (χ1) is 12.9. The van der Waals surface area contributed by atoms with Gasteiger partial charge in [-0.1, -0.05) is 28.1 Å². The first-order valence-corrected chi connectivity index (χ1v) is 9.48. The van der Waals surface area contributed by atoms with E-state index in [-0.39, 0.29) is 23.5 Å². The van der Waals surface area contributed by atoms with Crippen LogP contribution in [0, 0.1) is 5.82 Å². The van der Waals surface area contributed by atoms with Gasteiger partial charge in [-0.2, -0.15) is 4.99 Å². The van der Waals surface area contributed by atoms with Crippen molar-refractivity contribution in [2.24, 2.45) is 4.99 Å². The van der Waals surface area contributed by atoms with Gasteiger partial charge in [-0.15, -0.1) is 0 Å². The third-order valence-electron chi connectivity index (χ3n) is 3.47. The van der Waals surface area contributed by atoms with Gasteiger partial charge in [-0.25, -0.2) is 4.39 Å². The van der Waals surface area contributed by atoms with Crippen molar-refractivity contribution in [2.45, 2.75) is 13.5 Å². The van der Waals surface area contributed by atoms with Crippen molar-refractivity contribution < 1.29 is 18.7 Å². The first kappa shape index (κ1) is 19.3. The highest BCUT2D eigenvalue weighted by Crippen LogP contribution is 2.32. The van der Waals surface area contributed by atoms with Crippen LogP contribution in [0.2, 0.25) is 0 Å². The number of hydrogen-bond donors (Lipinski definition) is 1. The number of hydrogen-bond acceptors (Lipinski definition) is 4. The zero-order chi connectivity index (χ0) is 19.4. The molecule has 138 valence electrons. The number of carbonyl (C=O) groups is 2. The summed E-state index contributed by atoms with van der Waals surface area (Å²) in [5, 5.41) is 2.76. The lowest BCUT2D eigenvalue weighted by Crippen LogP contribution is -2.23. The minimum atomic E-state index is -0.423. The molecule has 0 aliphatic carbocycles. The van der Waals surface area contributed by atoms with Crippen molar-refractivity contribution >= 4 is 50.7 Å². The van der Waals surface area contributed by atoms with Crippen LogP contribution >= 0.6 is 27.7 Å². The van der Waals surface area contributed by atoms with Gasteiger partial charge in [0.15, 0.2) is 5.17 Å². The van der Waals surface area contributed by atoms with Crippen molar-refractivity contribution in [3.05, 3.63) is 68.8 Å². The Morgan fingerprint density at radius 2 is 2.04 bits per heavy atom. The third kappa shape index (κ3) is 5.27. The molecule has 0 saturated carbocycles. The van der Waals surface area contributed by atoms with Crippen LogP contribution < -0.4 is 10.1 Å². The Bertz CT molecular complexity index is 958. The van der Waals surface area contributed by atoms with Gasteiger partial charge < -0.3 is 10.1 Å². The maximum atomic E-state index is 13.0. The Labute approximate surface area is 167 Å². The number of nitrogens with zero attached hydrogens (tertiary/aromatic N) is 1. The van der Waals surface area contributed by atoms with E-state index in [0.717, 1.165) is 21.8 Å². The summed E-state index contributed by atoms with van der Waals surface area (Å²) in [5.74, 6) is -0.453. The molecule has 0 radical (unpaired) electrons. The van der Waals surface area contributed by atoms with E-state index in [1.165, 1.54) is 19.1 Å². The van der Waals surface area contributed by atoms with Crippen LogP contribution in [0.25, 0.3) is 6.08 Å². The molecule has 0 unspecified atom stereocenters. The van der Waals surface area contributed by atoms with Crippen LogP contribution in [-0.4, -0.2) is 17.0 Å². The third-order valence-corrected chi connectivity index (χ3v) is 4.86. The number of halogens is 2. The molecule has 2 aromatic carbocycles. The smallest absolute Gasteiger partial charge is 0.286 e. The average molecular weight is 449 g/mol. The van der Waals surface area contributed by atoms with Crippen LogP contribution in [0.1, 0.15) is 18.1 Å². The minimum Gasteiger partial charge on any atom is -0.488 e. The van der Waals surface area contributed by atoms with E-state index >= 15 is 0 Å². The van der Waals surface area contributed by atoms with Gasteiger partial charge in [0.1, 0.15) is 18.2 Å². The van der Waals surface area contributed by atoms with Crippen LogP contribution in [0.5, 0.6) is 5.75 Å². The number of amides is 2. The Morgan fingerprint density at radius 1 is 1.30 bits per heavy atom. The molecule has 0 bridgehead atoms. The standard InChI is InChI=1S/C19H14BrFN2O3S/c1-11(24)22-19-23-18(25)17(27-19)9-13-8-14(20)4-7-16(13)26-10-12-2-5-15(21)6-3-12/h2-9H,10H2,1H3,(H,22,23,24,25)/b17-9-. The summed E-state index contributed by atoms with van der Waals surface area (Å²) in [5.41, 5.74) is 1.50. The molecule has 0 spiro atoms. The second-order valence-electron chi connectivity index (χ2n) is 5.61. The highest BCUT2D eigenvalue weighted by Gasteiger charge is 2.23. The molecule has 3 rings (SSSR count). The number of thioether (sulfide) groups is 1. The molecule has 0 fully saturated rings. The molecule has 5 nitrogen and oxygen atoms in total. The molecule has 1 aliphatic rings. The fraction of sp³-hybridized carbons (Fsp3) is 0.105. The Balaban J connectivity index is 1.79. The number of rotatable bonds is 4.